The third-order valence-electron chi connectivity index (χ3n) is 4.66. The summed E-state index contributed by atoms with van der Waals surface area (Å²) in [5.41, 5.74) is 1.31. The number of likely N-dealkylation sites (tertiary alicyclic amines) is 1. The maximum absolute atomic E-state index is 12.5. The van der Waals surface area contributed by atoms with Crippen LogP contribution < -0.4 is 5.32 Å². The van der Waals surface area contributed by atoms with Crippen molar-refractivity contribution < 1.29 is 19.1 Å². The Morgan fingerprint density at radius 1 is 1.00 bits per heavy atom. The van der Waals surface area contributed by atoms with E-state index in [1.165, 1.54) is 7.11 Å². The van der Waals surface area contributed by atoms with Gasteiger partial charge in [-0.25, -0.2) is 0 Å². The Morgan fingerprint density at radius 2 is 1.62 bits per heavy atom. The van der Waals surface area contributed by atoms with E-state index in [9.17, 15) is 14.4 Å². The molecule has 0 spiro atoms. The average Bonchev–Trinajstić information content (AvgIpc) is 3.46. The van der Waals surface area contributed by atoms with Crippen LogP contribution in [0.3, 0.4) is 0 Å². The summed E-state index contributed by atoms with van der Waals surface area (Å²) >= 11 is 0. The molecule has 0 atom stereocenters. The van der Waals surface area contributed by atoms with Crippen LogP contribution in [0.4, 0.5) is 5.69 Å². The van der Waals surface area contributed by atoms with Crippen molar-refractivity contribution in [1.29, 1.82) is 0 Å². The number of esters is 1. The standard InChI is InChI=1S/C18H22N2O4/c1-24-18(23)14-8-10-20(11-9-14)17(22)13-4-6-15(7-5-13)19-16(21)12-2-3-12/h4-7,12,14H,2-3,8-11H2,1H3,(H,19,21). The van der Waals surface area contributed by atoms with E-state index in [4.69, 9.17) is 4.74 Å². The molecule has 2 aliphatic rings. The molecule has 2 amide bonds. The Hall–Kier alpha value is -2.37. The van der Waals surface area contributed by atoms with Crippen molar-refractivity contribution in [3.05, 3.63) is 29.8 Å². The molecule has 1 aromatic rings. The van der Waals surface area contributed by atoms with Crippen molar-refractivity contribution in [3.63, 3.8) is 0 Å². The summed E-state index contributed by atoms with van der Waals surface area (Å²) in [6, 6.07) is 6.98. The van der Waals surface area contributed by atoms with Crippen LogP contribution in [0, 0.1) is 11.8 Å². The molecular formula is C18H22N2O4. The van der Waals surface area contributed by atoms with Crippen LogP contribution in [0.25, 0.3) is 0 Å². The lowest BCUT2D eigenvalue weighted by atomic mass is 9.96. The highest BCUT2D eigenvalue weighted by Crippen LogP contribution is 2.30. The van der Waals surface area contributed by atoms with Gasteiger partial charge in [0.2, 0.25) is 5.91 Å². The fraction of sp³-hybridized carbons (Fsp3) is 0.500. The average molecular weight is 330 g/mol. The minimum absolute atomic E-state index is 0.0432. The fourth-order valence-electron chi connectivity index (χ4n) is 2.95. The number of hydrogen-bond donors (Lipinski definition) is 1. The highest BCUT2D eigenvalue weighted by molar-refractivity contribution is 5.97. The molecule has 1 heterocycles. The van der Waals surface area contributed by atoms with Crippen LogP contribution in [0.1, 0.15) is 36.0 Å². The van der Waals surface area contributed by atoms with Crippen LogP contribution in [0.15, 0.2) is 24.3 Å². The number of amides is 2. The third kappa shape index (κ3) is 3.75. The molecule has 0 unspecified atom stereocenters. The highest BCUT2D eigenvalue weighted by atomic mass is 16.5. The van der Waals surface area contributed by atoms with Crippen molar-refractivity contribution in [3.8, 4) is 0 Å². The van der Waals surface area contributed by atoms with Crippen molar-refractivity contribution in [2.45, 2.75) is 25.7 Å². The van der Waals surface area contributed by atoms with E-state index in [-0.39, 0.29) is 29.6 Å². The second-order valence-electron chi connectivity index (χ2n) is 6.43. The van der Waals surface area contributed by atoms with E-state index in [2.05, 4.69) is 5.32 Å². The Labute approximate surface area is 141 Å². The van der Waals surface area contributed by atoms with E-state index in [1.807, 2.05) is 0 Å². The number of hydrogen-bond acceptors (Lipinski definition) is 4. The van der Waals surface area contributed by atoms with Gasteiger partial charge in [-0.05, 0) is 49.9 Å². The molecule has 6 nitrogen and oxygen atoms in total. The lowest BCUT2D eigenvalue weighted by molar-refractivity contribution is -0.146. The lowest BCUT2D eigenvalue weighted by Gasteiger charge is -2.30. The van der Waals surface area contributed by atoms with Gasteiger partial charge in [0.25, 0.3) is 5.91 Å². The number of nitrogens with zero attached hydrogens (tertiary/aromatic N) is 1. The molecule has 1 aliphatic heterocycles. The molecule has 128 valence electrons. The Morgan fingerprint density at radius 3 is 2.17 bits per heavy atom. The smallest absolute Gasteiger partial charge is 0.308 e. The monoisotopic (exact) mass is 330 g/mol. The topological polar surface area (TPSA) is 75.7 Å². The molecule has 6 heteroatoms. The van der Waals surface area contributed by atoms with Gasteiger partial charge in [0, 0.05) is 30.3 Å². The lowest BCUT2D eigenvalue weighted by Crippen LogP contribution is -2.40. The number of ether oxygens (including phenoxy) is 1. The Kier molecular flexibility index (Phi) is 4.83. The van der Waals surface area contributed by atoms with Gasteiger partial charge in [0.1, 0.15) is 0 Å². The minimum Gasteiger partial charge on any atom is -0.469 e. The van der Waals surface area contributed by atoms with Gasteiger partial charge >= 0.3 is 5.97 Å². The second kappa shape index (κ2) is 7.03. The number of piperidine rings is 1. The molecule has 1 saturated heterocycles. The maximum atomic E-state index is 12.5. The maximum Gasteiger partial charge on any atom is 0.308 e. The Bertz CT molecular complexity index is 629. The summed E-state index contributed by atoms with van der Waals surface area (Å²) < 4.78 is 4.76. The predicted octanol–water partition coefficient (Wildman–Crippen LogP) is 2.06. The first-order valence-electron chi connectivity index (χ1n) is 8.36. The van der Waals surface area contributed by atoms with Gasteiger partial charge in [-0.2, -0.15) is 0 Å². The number of carbonyl (C=O) groups excluding carboxylic acids is 3. The van der Waals surface area contributed by atoms with Gasteiger partial charge < -0.3 is 15.0 Å². The van der Waals surface area contributed by atoms with Gasteiger partial charge in [-0.3, -0.25) is 14.4 Å². The first kappa shape index (κ1) is 16.5. The van der Waals surface area contributed by atoms with Crippen molar-refractivity contribution in [2.24, 2.45) is 11.8 Å². The van der Waals surface area contributed by atoms with Crippen LogP contribution in [0.2, 0.25) is 0 Å². The first-order chi connectivity index (χ1) is 11.6. The minimum atomic E-state index is -0.196. The summed E-state index contributed by atoms with van der Waals surface area (Å²) in [4.78, 5) is 37.5. The normalized spacial score (nSPS) is 18.1. The first-order valence-corrected chi connectivity index (χ1v) is 8.36. The zero-order valence-electron chi connectivity index (χ0n) is 13.8. The molecule has 0 radical (unpaired) electrons. The van der Waals surface area contributed by atoms with Gasteiger partial charge in [0.05, 0.1) is 13.0 Å². The van der Waals surface area contributed by atoms with E-state index < -0.39 is 0 Å². The molecule has 0 aromatic heterocycles. The second-order valence-corrected chi connectivity index (χ2v) is 6.43. The van der Waals surface area contributed by atoms with Crippen molar-refractivity contribution in [1.82, 2.24) is 4.90 Å². The van der Waals surface area contributed by atoms with E-state index >= 15 is 0 Å². The van der Waals surface area contributed by atoms with Gasteiger partial charge in [0.15, 0.2) is 0 Å². The summed E-state index contributed by atoms with van der Waals surface area (Å²) in [5.74, 6) is -0.142. The molecule has 0 bridgehead atoms. The largest absolute Gasteiger partial charge is 0.469 e. The van der Waals surface area contributed by atoms with Crippen molar-refractivity contribution >= 4 is 23.5 Å². The molecular weight excluding hydrogens is 308 g/mol. The molecule has 1 N–H and O–H groups in total. The Balaban J connectivity index is 1.55. The predicted molar refractivity (Wildman–Crippen MR) is 88.4 cm³/mol. The van der Waals surface area contributed by atoms with Crippen LogP contribution in [-0.4, -0.2) is 42.9 Å². The molecule has 24 heavy (non-hydrogen) atoms. The van der Waals surface area contributed by atoms with Gasteiger partial charge in [-0.15, -0.1) is 0 Å². The quantitative estimate of drug-likeness (QED) is 0.858. The number of nitrogens with one attached hydrogen (secondary N) is 1. The zero-order chi connectivity index (χ0) is 17.1. The fourth-order valence-corrected chi connectivity index (χ4v) is 2.95. The van der Waals surface area contributed by atoms with E-state index in [1.54, 1.807) is 29.2 Å². The number of benzene rings is 1. The highest BCUT2D eigenvalue weighted by Gasteiger charge is 2.30. The molecule has 1 saturated carbocycles. The molecule has 2 fully saturated rings. The third-order valence-corrected chi connectivity index (χ3v) is 4.66. The van der Waals surface area contributed by atoms with E-state index in [0.717, 1.165) is 12.8 Å². The van der Waals surface area contributed by atoms with Gasteiger partial charge in [-0.1, -0.05) is 0 Å². The summed E-state index contributed by atoms with van der Waals surface area (Å²) in [5, 5.41) is 2.86. The zero-order valence-corrected chi connectivity index (χ0v) is 13.8. The van der Waals surface area contributed by atoms with Crippen LogP contribution >= 0.6 is 0 Å². The molecule has 1 aromatic carbocycles. The number of methoxy groups -OCH3 is 1. The van der Waals surface area contributed by atoms with Crippen LogP contribution in [-0.2, 0) is 14.3 Å². The van der Waals surface area contributed by atoms with E-state index in [0.29, 0.717) is 37.2 Å². The molecule has 1 aliphatic carbocycles. The molecule has 3 rings (SSSR count). The number of anilines is 1. The summed E-state index contributed by atoms with van der Waals surface area (Å²) in [6.07, 6.45) is 3.19. The number of carbonyl (C=O) groups is 3. The number of rotatable bonds is 4. The van der Waals surface area contributed by atoms with Crippen LogP contribution in [0.5, 0.6) is 0 Å². The SMILES string of the molecule is COC(=O)C1CCN(C(=O)c2ccc(NC(=O)C3CC3)cc2)CC1. The summed E-state index contributed by atoms with van der Waals surface area (Å²) in [6.45, 7) is 1.11. The van der Waals surface area contributed by atoms with Crippen molar-refractivity contribution in [2.75, 3.05) is 25.5 Å². The summed E-state index contributed by atoms with van der Waals surface area (Å²) in [7, 11) is 1.39.